The van der Waals surface area contributed by atoms with E-state index in [0.717, 1.165) is 15.4 Å². The average Bonchev–Trinajstić information content (AvgIpc) is 2.32. The topological polar surface area (TPSA) is 0 Å². The molecule has 17 heavy (non-hydrogen) atoms. The van der Waals surface area contributed by atoms with E-state index in [1.165, 1.54) is 23.9 Å². The molecule has 0 fully saturated rings. The SMILES string of the molecule is Fc1ccc(Sc2cc(Cl)ccc2CCl)cc1. The Labute approximate surface area is 114 Å². The summed E-state index contributed by atoms with van der Waals surface area (Å²) >= 11 is 13.3. The maximum atomic E-state index is 12.8. The fourth-order valence-electron chi connectivity index (χ4n) is 1.36. The number of hydrogen-bond donors (Lipinski definition) is 0. The molecule has 0 aliphatic heterocycles. The van der Waals surface area contributed by atoms with E-state index in [1.54, 1.807) is 12.1 Å². The molecular formula is C13H9Cl2FS. The fraction of sp³-hybridized carbons (Fsp3) is 0.0769. The number of halogens is 3. The molecule has 0 saturated carbocycles. The second-order valence-corrected chi connectivity index (χ2v) is 5.26. The van der Waals surface area contributed by atoms with Crippen molar-refractivity contribution in [1.29, 1.82) is 0 Å². The summed E-state index contributed by atoms with van der Waals surface area (Å²) in [6, 6.07) is 11.9. The Balaban J connectivity index is 2.28. The summed E-state index contributed by atoms with van der Waals surface area (Å²) in [5.41, 5.74) is 1.02. The minimum atomic E-state index is -0.238. The highest BCUT2D eigenvalue weighted by Crippen LogP contribution is 2.33. The molecule has 0 atom stereocenters. The second kappa shape index (κ2) is 5.76. The molecule has 0 spiro atoms. The molecule has 0 aliphatic rings. The van der Waals surface area contributed by atoms with E-state index in [2.05, 4.69) is 0 Å². The maximum Gasteiger partial charge on any atom is 0.123 e. The summed E-state index contributed by atoms with van der Waals surface area (Å²) in [5.74, 6) is 0.193. The molecule has 0 aliphatic carbocycles. The minimum Gasteiger partial charge on any atom is -0.207 e. The van der Waals surface area contributed by atoms with Gasteiger partial charge in [-0.15, -0.1) is 11.6 Å². The number of rotatable bonds is 3. The van der Waals surface area contributed by atoms with Crippen LogP contribution in [0.2, 0.25) is 5.02 Å². The molecular weight excluding hydrogens is 278 g/mol. The molecule has 0 aromatic heterocycles. The van der Waals surface area contributed by atoms with Crippen LogP contribution >= 0.6 is 35.0 Å². The zero-order valence-corrected chi connectivity index (χ0v) is 11.1. The van der Waals surface area contributed by atoms with E-state index in [0.29, 0.717) is 10.9 Å². The predicted octanol–water partition coefficient (Wildman–Crippen LogP) is 5.37. The number of benzene rings is 2. The third kappa shape index (κ3) is 3.38. The smallest absolute Gasteiger partial charge is 0.123 e. The van der Waals surface area contributed by atoms with Gasteiger partial charge in [-0.3, -0.25) is 0 Å². The molecule has 0 heterocycles. The van der Waals surface area contributed by atoms with Crippen LogP contribution in [0.1, 0.15) is 5.56 Å². The monoisotopic (exact) mass is 286 g/mol. The van der Waals surface area contributed by atoms with Crippen molar-refractivity contribution in [1.82, 2.24) is 0 Å². The quantitative estimate of drug-likeness (QED) is 0.684. The van der Waals surface area contributed by atoms with E-state index in [4.69, 9.17) is 23.2 Å². The van der Waals surface area contributed by atoms with Gasteiger partial charge < -0.3 is 0 Å². The van der Waals surface area contributed by atoms with Crippen molar-refractivity contribution in [3.05, 3.63) is 58.9 Å². The lowest BCUT2D eigenvalue weighted by Gasteiger charge is -2.07. The third-order valence-electron chi connectivity index (χ3n) is 2.21. The summed E-state index contributed by atoms with van der Waals surface area (Å²) in [5, 5.41) is 0.670. The minimum absolute atomic E-state index is 0.238. The number of hydrogen-bond acceptors (Lipinski definition) is 1. The fourth-order valence-corrected chi connectivity index (χ4v) is 2.90. The van der Waals surface area contributed by atoms with Crippen LogP contribution in [-0.2, 0) is 5.88 Å². The Morgan fingerprint density at radius 1 is 1.06 bits per heavy atom. The lowest BCUT2D eigenvalue weighted by Crippen LogP contribution is -1.84. The van der Waals surface area contributed by atoms with Crippen LogP contribution in [0.5, 0.6) is 0 Å². The van der Waals surface area contributed by atoms with Gasteiger partial charge in [-0.05, 0) is 42.0 Å². The molecule has 0 amide bonds. The molecule has 2 rings (SSSR count). The van der Waals surface area contributed by atoms with E-state index < -0.39 is 0 Å². The van der Waals surface area contributed by atoms with Gasteiger partial charge in [-0.1, -0.05) is 29.4 Å². The number of alkyl halides is 1. The van der Waals surface area contributed by atoms with Crippen LogP contribution in [0.3, 0.4) is 0 Å². The molecule has 0 nitrogen and oxygen atoms in total. The van der Waals surface area contributed by atoms with Gasteiger partial charge in [0.25, 0.3) is 0 Å². The Kier molecular flexibility index (Phi) is 4.32. The van der Waals surface area contributed by atoms with Crippen molar-refractivity contribution in [3.63, 3.8) is 0 Å². The van der Waals surface area contributed by atoms with Crippen molar-refractivity contribution >= 4 is 35.0 Å². The zero-order chi connectivity index (χ0) is 12.3. The van der Waals surface area contributed by atoms with Gasteiger partial charge in [0, 0.05) is 20.7 Å². The first-order valence-electron chi connectivity index (χ1n) is 4.97. The van der Waals surface area contributed by atoms with E-state index in [1.807, 2.05) is 18.2 Å². The first kappa shape index (κ1) is 12.7. The Morgan fingerprint density at radius 3 is 2.41 bits per heavy atom. The lowest BCUT2D eigenvalue weighted by molar-refractivity contribution is 0.626. The van der Waals surface area contributed by atoms with Crippen molar-refractivity contribution in [2.45, 2.75) is 15.7 Å². The summed E-state index contributed by atoms with van der Waals surface area (Å²) in [6.45, 7) is 0. The molecule has 0 saturated heterocycles. The molecule has 2 aromatic carbocycles. The average molecular weight is 287 g/mol. The largest absolute Gasteiger partial charge is 0.207 e. The predicted molar refractivity (Wildman–Crippen MR) is 71.5 cm³/mol. The van der Waals surface area contributed by atoms with Gasteiger partial charge in [0.2, 0.25) is 0 Å². The molecule has 0 unspecified atom stereocenters. The first-order chi connectivity index (χ1) is 8.19. The van der Waals surface area contributed by atoms with Crippen molar-refractivity contribution in [2.24, 2.45) is 0 Å². The normalized spacial score (nSPS) is 10.5. The van der Waals surface area contributed by atoms with Crippen LogP contribution in [0.15, 0.2) is 52.3 Å². The van der Waals surface area contributed by atoms with Crippen LogP contribution in [0.4, 0.5) is 4.39 Å². The van der Waals surface area contributed by atoms with Gasteiger partial charge in [-0.25, -0.2) is 4.39 Å². The Bertz CT molecular complexity index is 511. The summed E-state index contributed by atoms with van der Waals surface area (Å²) < 4.78 is 12.8. The van der Waals surface area contributed by atoms with Crippen LogP contribution in [0, 0.1) is 5.82 Å². The highest BCUT2D eigenvalue weighted by atomic mass is 35.5. The van der Waals surface area contributed by atoms with E-state index in [-0.39, 0.29) is 5.82 Å². The van der Waals surface area contributed by atoms with Crippen LogP contribution in [0.25, 0.3) is 0 Å². The zero-order valence-electron chi connectivity index (χ0n) is 8.79. The van der Waals surface area contributed by atoms with Gasteiger partial charge in [0.15, 0.2) is 0 Å². The Morgan fingerprint density at radius 2 is 1.76 bits per heavy atom. The maximum absolute atomic E-state index is 12.8. The molecule has 88 valence electrons. The molecule has 0 bridgehead atoms. The highest BCUT2D eigenvalue weighted by Gasteiger charge is 2.05. The summed E-state index contributed by atoms with van der Waals surface area (Å²) in [7, 11) is 0. The second-order valence-electron chi connectivity index (χ2n) is 3.44. The lowest BCUT2D eigenvalue weighted by atomic mass is 10.2. The van der Waals surface area contributed by atoms with E-state index in [9.17, 15) is 4.39 Å². The third-order valence-corrected chi connectivity index (χ3v) is 3.85. The summed E-state index contributed by atoms with van der Waals surface area (Å²) in [6.07, 6.45) is 0. The van der Waals surface area contributed by atoms with Crippen molar-refractivity contribution in [2.75, 3.05) is 0 Å². The molecule has 2 aromatic rings. The highest BCUT2D eigenvalue weighted by molar-refractivity contribution is 7.99. The van der Waals surface area contributed by atoms with Gasteiger partial charge in [0.05, 0.1) is 0 Å². The van der Waals surface area contributed by atoms with Crippen LogP contribution in [-0.4, -0.2) is 0 Å². The van der Waals surface area contributed by atoms with Gasteiger partial charge in [0.1, 0.15) is 5.82 Å². The van der Waals surface area contributed by atoms with Crippen molar-refractivity contribution < 1.29 is 4.39 Å². The van der Waals surface area contributed by atoms with Crippen LogP contribution < -0.4 is 0 Å². The van der Waals surface area contributed by atoms with Gasteiger partial charge in [-0.2, -0.15) is 0 Å². The first-order valence-corrected chi connectivity index (χ1v) is 6.70. The standard InChI is InChI=1S/C13H9Cl2FS/c14-8-9-1-2-10(15)7-13(9)17-12-5-3-11(16)4-6-12/h1-7H,8H2. The van der Waals surface area contributed by atoms with Crippen molar-refractivity contribution in [3.8, 4) is 0 Å². The molecule has 0 radical (unpaired) electrons. The van der Waals surface area contributed by atoms with Gasteiger partial charge >= 0.3 is 0 Å². The molecule has 0 N–H and O–H groups in total. The molecule has 4 heteroatoms. The Hall–Kier alpha value is -0.700. The van der Waals surface area contributed by atoms with E-state index >= 15 is 0 Å². The summed E-state index contributed by atoms with van der Waals surface area (Å²) in [4.78, 5) is 1.96.